The van der Waals surface area contributed by atoms with Crippen LogP contribution in [-0.4, -0.2) is 14.3 Å². The molecule has 3 rings (SSSR count). The monoisotopic (exact) mass is 334 g/mol. The molecule has 0 saturated carbocycles. The quantitative estimate of drug-likeness (QED) is 0.898. The molecular formula is C16H18N2O4S. The van der Waals surface area contributed by atoms with Gasteiger partial charge in [0.15, 0.2) is 0 Å². The van der Waals surface area contributed by atoms with Crippen LogP contribution in [-0.2, 0) is 26.8 Å². The van der Waals surface area contributed by atoms with E-state index in [0.29, 0.717) is 17.0 Å². The fraction of sp³-hybridized carbons (Fsp3) is 0.312. The van der Waals surface area contributed by atoms with E-state index < -0.39 is 15.4 Å². The first-order chi connectivity index (χ1) is 10.7. The molecule has 23 heavy (non-hydrogen) atoms. The van der Waals surface area contributed by atoms with Crippen molar-refractivity contribution in [2.45, 2.75) is 37.6 Å². The fourth-order valence-corrected chi connectivity index (χ4v) is 3.73. The predicted molar refractivity (Wildman–Crippen MR) is 85.6 cm³/mol. The maximum absolute atomic E-state index is 12.5. The summed E-state index contributed by atoms with van der Waals surface area (Å²) >= 11 is 0. The van der Waals surface area contributed by atoms with Gasteiger partial charge in [-0.05, 0) is 56.2 Å². The van der Waals surface area contributed by atoms with Crippen molar-refractivity contribution in [3.63, 3.8) is 0 Å². The van der Waals surface area contributed by atoms with Crippen molar-refractivity contribution in [1.82, 2.24) is 4.72 Å². The molecule has 0 fully saturated rings. The Morgan fingerprint density at radius 3 is 2.70 bits per heavy atom. The molecule has 122 valence electrons. The van der Waals surface area contributed by atoms with Crippen molar-refractivity contribution in [3.05, 3.63) is 47.4 Å². The number of aryl methyl sites for hydroxylation is 1. The zero-order valence-corrected chi connectivity index (χ0v) is 14.0. The van der Waals surface area contributed by atoms with Crippen LogP contribution in [0.3, 0.4) is 0 Å². The van der Waals surface area contributed by atoms with Crippen molar-refractivity contribution in [2.24, 2.45) is 0 Å². The molecule has 0 spiro atoms. The molecule has 0 atom stereocenters. The van der Waals surface area contributed by atoms with E-state index in [-0.39, 0.29) is 17.3 Å². The van der Waals surface area contributed by atoms with Gasteiger partial charge in [-0.3, -0.25) is 4.79 Å². The molecule has 2 N–H and O–H groups in total. The summed E-state index contributed by atoms with van der Waals surface area (Å²) in [6.07, 6.45) is 1.49. The molecule has 1 aliphatic heterocycles. The Kier molecular flexibility index (Phi) is 3.57. The largest absolute Gasteiger partial charge is 0.468 e. The molecule has 1 aromatic heterocycles. The molecule has 2 heterocycles. The highest BCUT2D eigenvalue weighted by molar-refractivity contribution is 7.89. The Bertz CT molecular complexity index is 868. The van der Waals surface area contributed by atoms with Gasteiger partial charge in [-0.1, -0.05) is 0 Å². The van der Waals surface area contributed by atoms with Crippen LogP contribution >= 0.6 is 0 Å². The number of carbonyl (C=O) groups is 1. The van der Waals surface area contributed by atoms with Crippen molar-refractivity contribution >= 4 is 21.6 Å². The summed E-state index contributed by atoms with van der Waals surface area (Å²) in [6, 6.07) is 6.51. The van der Waals surface area contributed by atoms with Gasteiger partial charge in [0.05, 0.1) is 23.1 Å². The molecule has 6 nitrogen and oxygen atoms in total. The van der Waals surface area contributed by atoms with E-state index in [0.717, 1.165) is 5.56 Å². The van der Waals surface area contributed by atoms with Crippen molar-refractivity contribution in [1.29, 1.82) is 0 Å². The van der Waals surface area contributed by atoms with Gasteiger partial charge in [-0.15, -0.1) is 0 Å². The van der Waals surface area contributed by atoms with Crippen LogP contribution in [0.1, 0.15) is 30.7 Å². The maximum Gasteiger partial charge on any atom is 0.240 e. The minimum absolute atomic E-state index is 0.0754. The van der Waals surface area contributed by atoms with Crippen LogP contribution in [0.2, 0.25) is 0 Å². The Morgan fingerprint density at radius 2 is 2.04 bits per heavy atom. The molecule has 7 heteroatoms. The molecule has 1 aromatic carbocycles. The molecule has 1 aliphatic rings. The second-order valence-electron chi connectivity index (χ2n) is 6.15. The predicted octanol–water partition coefficient (Wildman–Crippen LogP) is 2.30. The number of hydrogen-bond donors (Lipinski definition) is 2. The molecule has 0 bridgehead atoms. The lowest BCUT2D eigenvalue weighted by Crippen LogP contribution is -2.27. The zero-order valence-electron chi connectivity index (χ0n) is 13.1. The van der Waals surface area contributed by atoms with E-state index in [1.54, 1.807) is 45.0 Å². The number of benzene rings is 1. The Labute approximate surface area is 134 Å². The smallest absolute Gasteiger partial charge is 0.240 e. The van der Waals surface area contributed by atoms with Gasteiger partial charge in [-0.25, -0.2) is 13.1 Å². The van der Waals surface area contributed by atoms with Gasteiger partial charge in [0.25, 0.3) is 0 Å². The van der Waals surface area contributed by atoms with Crippen LogP contribution in [0.15, 0.2) is 39.8 Å². The summed E-state index contributed by atoms with van der Waals surface area (Å²) in [7, 11) is -3.70. The highest BCUT2D eigenvalue weighted by atomic mass is 32.2. The second kappa shape index (κ2) is 5.21. The summed E-state index contributed by atoms with van der Waals surface area (Å²) in [5, 5.41) is 2.82. The number of sulfonamides is 1. The normalized spacial score (nSPS) is 16.2. The minimum Gasteiger partial charge on any atom is -0.468 e. The van der Waals surface area contributed by atoms with E-state index >= 15 is 0 Å². The van der Waals surface area contributed by atoms with Gasteiger partial charge < -0.3 is 9.73 Å². The van der Waals surface area contributed by atoms with Crippen molar-refractivity contribution in [2.75, 3.05) is 5.32 Å². The van der Waals surface area contributed by atoms with Crippen molar-refractivity contribution in [3.8, 4) is 0 Å². The van der Waals surface area contributed by atoms with E-state index in [9.17, 15) is 13.2 Å². The first kappa shape index (κ1) is 15.8. The Balaban J connectivity index is 1.96. The van der Waals surface area contributed by atoms with E-state index in [4.69, 9.17) is 4.42 Å². The highest BCUT2D eigenvalue weighted by Crippen LogP contribution is 2.40. The number of amides is 1. The third kappa shape index (κ3) is 2.66. The SMILES string of the molecule is Cc1cc(S(=O)(=O)NCc2ccco2)cc2c1NC(=O)C2(C)C. The number of rotatable bonds is 4. The lowest BCUT2D eigenvalue weighted by molar-refractivity contribution is -0.119. The van der Waals surface area contributed by atoms with E-state index in [2.05, 4.69) is 10.0 Å². The van der Waals surface area contributed by atoms with Crippen LogP contribution in [0.4, 0.5) is 5.69 Å². The first-order valence-electron chi connectivity index (χ1n) is 7.20. The number of nitrogens with one attached hydrogen (secondary N) is 2. The number of carbonyl (C=O) groups excluding carboxylic acids is 1. The molecule has 0 radical (unpaired) electrons. The molecular weight excluding hydrogens is 316 g/mol. The lowest BCUT2D eigenvalue weighted by atomic mass is 9.85. The highest BCUT2D eigenvalue weighted by Gasteiger charge is 2.40. The number of furan rings is 1. The lowest BCUT2D eigenvalue weighted by Gasteiger charge is -2.17. The first-order valence-corrected chi connectivity index (χ1v) is 8.69. The summed E-state index contributed by atoms with van der Waals surface area (Å²) in [5.41, 5.74) is 1.36. The number of anilines is 1. The molecule has 2 aromatic rings. The molecule has 0 aliphatic carbocycles. The summed E-state index contributed by atoms with van der Waals surface area (Å²) in [4.78, 5) is 12.2. The average Bonchev–Trinajstić information content (AvgIpc) is 3.06. The molecule has 0 saturated heterocycles. The van der Waals surface area contributed by atoms with Gasteiger partial charge >= 0.3 is 0 Å². The number of fused-ring (bicyclic) bond motifs is 1. The molecule has 1 amide bonds. The molecule has 0 unspecified atom stereocenters. The topological polar surface area (TPSA) is 88.4 Å². The second-order valence-corrected chi connectivity index (χ2v) is 7.91. The zero-order chi connectivity index (χ0) is 16.8. The van der Waals surface area contributed by atoms with Crippen LogP contribution < -0.4 is 10.0 Å². The third-order valence-corrected chi connectivity index (χ3v) is 5.50. The fourth-order valence-electron chi connectivity index (χ4n) is 2.62. The summed E-state index contributed by atoms with van der Waals surface area (Å²) < 4.78 is 32.7. The van der Waals surface area contributed by atoms with E-state index in [1.165, 1.54) is 6.26 Å². The minimum atomic E-state index is -3.70. The Hall–Kier alpha value is -2.12. The average molecular weight is 334 g/mol. The van der Waals surface area contributed by atoms with Gasteiger partial charge in [-0.2, -0.15) is 0 Å². The van der Waals surface area contributed by atoms with Gasteiger partial charge in [0, 0.05) is 5.69 Å². The standard InChI is InChI=1S/C16H18N2O4S/c1-10-7-12(8-13-14(10)18-15(19)16(13,2)3)23(20,21)17-9-11-5-4-6-22-11/h4-8,17H,9H2,1-3H3,(H,18,19). The van der Waals surface area contributed by atoms with Crippen LogP contribution in [0, 0.1) is 6.92 Å². The summed E-state index contributed by atoms with van der Waals surface area (Å²) in [5.74, 6) is 0.400. The number of hydrogen-bond acceptors (Lipinski definition) is 4. The third-order valence-electron chi connectivity index (χ3n) is 4.12. The van der Waals surface area contributed by atoms with Crippen LogP contribution in [0.5, 0.6) is 0 Å². The van der Waals surface area contributed by atoms with Gasteiger partial charge in [0.2, 0.25) is 15.9 Å². The van der Waals surface area contributed by atoms with Gasteiger partial charge in [0.1, 0.15) is 5.76 Å². The summed E-state index contributed by atoms with van der Waals surface area (Å²) in [6.45, 7) is 5.42. The Morgan fingerprint density at radius 1 is 1.30 bits per heavy atom. The maximum atomic E-state index is 12.5. The van der Waals surface area contributed by atoms with Crippen LogP contribution in [0.25, 0.3) is 0 Å². The van der Waals surface area contributed by atoms with Crippen molar-refractivity contribution < 1.29 is 17.6 Å². The van der Waals surface area contributed by atoms with E-state index in [1.807, 2.05) is 0 Å².